The molecule has 0 aliphatic rings. The van der Waals surface area contributed by atoms with Gasteiger partial charge in [-0.15, -0.1) is 12.6 Å². The van der Waals surface area contributed by atoms with Gasteiger partial charge in [-0.1, -0.05) is 0 Å². The Balaban J connectivity index is 2.63. The topological polar surface area (TPSA) is 25.8 Å². The van der Waals surface area contributed by atoms with Crippen LogP contribution >= 0.6 is 24.2 Å². The van der Waals surface area contributed by atoms with Crippen LogP contribution in [0.5, 0.6) is 0 Å². The standard InChI is InChI=1S/C10H4F6N2S2/c11-9(12,13)5-1-4(7-17-8(19)20-18-7)2-6(3-5)10(14,15)16/h1-3H,(H,17,18,19). The molecule has 0 unspecified atom stereocenters. The lowest BCUT2D eigenvalue weighted by atomic mass is 10.0. The van der Waals surface area contributed by atoms with E-state index in [4.69, 9.17) is 0 Å². The van der Waals surface area contributed by atoms with Crippen molar-refractivity contribution in [3.63, 3.8) is 0 Å². The third-order valence-corrected chi connectivity index (χ3v) is 3.12. The highest BCUT2D eigenvalue weighted by molar-refractivity contribution is 7.82. The van der Waals surface area contributed by atoms with Crippen LogP contribution in [0.1, 0.15) is 11.1 Å². The zero-order valence-corrected chi connectivity index (χ0v) is 11.0. The van der Waals surface area contributed by atoms with E-state index in [0.717, 1.165) is 11.5 Å². The zero-order valence-electron chi connectivity index (χ0n) is 9.25. The predicted molar refractivity (Wildman–Crippen MR) is 62.6 cm³/mol. The summed E-state index contributed by atoms with van der Waals surface area (Å²) >= 11 is 4.59. The first-order chi connectivity index (χ1) is 9.07. The fourth-order valence-electron chi connectivity index (χ4n) is 1.42. The van der Waals surface area contributed by atoms with Gasteiger partial charge in [0.2, 0.25) is 0 Å². The molecule has 10 heteroatoms. The normalized spacial score (nSPS) is 12.8. The lowest BCUT2D eigenvalue weighted by Crippen LogP contribution is -2.11. The average molecular weight is 330 g/mol. The van der Waals surface area contributed by atoms with E-state index in [2.05, 4.69) is 22.0 Å². The van der Waals surface area contributed by atoms with E-state index >= 15 is 0 Å². The minimum Gasteiger partial charge on any atom is -0.208 e. The van der Waals surface area contributed by atoms with Crippen molar-refractivity contribution in [3.8, 4) is 11.4 Å². The molecular formula is C10H4F6N2S2. The minimum absolute atomic E-state index is 0.0531. The molecule has 0 N–H and O–H groups in total. The number of hydrogen-bond acceptors (Lipinski definition) is 4. The number of halogens is 6. The number of benzene rings is 1. The van der Waals surface area contributed by atoms with Crippen LogP contribution in [0.25, 0.3) is 11.4 Å². The van der Waals surface area contributed by atoms with Gasteiger partial charge in [-0.2, -0.15) is 30.7 Å². The maximum absolute atomic E-state index is 12.6. The predicted octanol–water partition coefficient (Wildman–Crippen LogP) is 4.53. The van der Waals surface area contributed by atoms with Crippen LogP contribution in [0.4, 0.5) is 26.3 Å². The van der Waals surface area contributed by atoms with E-state index in [9.17, 15) is 26.3 Å². The fourth-order valence-corrected chi connectivity index (χ4v) is 2.08. The zero-order chi connectivity index (χ0) is 15.1. The monoisotopic (exact) mass is 330 g/mol. The summed E-state index contributed by atoms with van der Waals surface area (Å²) in [6.45, 7) is 0. The average Bonchev–Trinajstić information content (AvgIpc) is 2.73. The van der Waals surface area contributed by atoms with Crippen molar-refractivity contribution in [1.82, 2.24) is 9.36 Å². The molecule has 0 amide bonds. The maximum atomic E-state index is 12.6. The molecule has 0 radical (unpaired) electrons. The van der Waals surface area contributed by atoms with Crippen LogP contribution in [0, 0.1) is 0 Å². The minimum atomic E-state index is -4.89. The van der Waals surface area contributed by atoms with Crippen LogP contribution < -0.4 is 0 Å². The van der Waals surface area contributed by atoms with Gasteiger partial charge in [0.1, 0.15) is 0 Å². The van der Waals surface area contributed by atoms with Crippen LogP contribution in [-0.4, -0.2) is 9.36 Å². The van der Waals surface area contributed by atoms with Gasteiger partial charge in [0.05, 0.1) is 11.1 Å². The maximum Gasteiger partial charge on any atom is 0.416 e. The van der Waals surface area contributed by atoms with E-state index in [0.29, 0.717) is 12.1 Å². The fraction of sp³-hybridized carbons (Fsp3) is 0.200. The van der Waals surface area contributed by atoms with E-state index < -0.39 is 23.5 Å². The molecule has 1 aromatic heterocycles. The van der Waals surface area contributed by atoms with Crippen LogP contribution in [0.3, 0.4) is 0 Å². The second-order valence-electron chi connectivity index (χ2n) is 3.70. The first-order valence-corrected chi connectivity index (χ1v) is 6.12. The van der Waals surface area contributed by atoms with Crippen molar-refractivity contribution in [2.24, 2.45) is 0 Å². The van der Waals surface area contributed by atoms with Crippen molar-refractivity contribution in [2.45, 2.75) is 16.7 Å². The third kappa shape index (κ3) is 3.23. The Morgan fingerprint density at radius 1 is 0.900 bits per heavy atom. The summed E-state index contributed by atoms with van der Waals surface area (Å²) in [6.07, 6.45) is -9.79. The second kappa shape index (κ2) is 4.92. The van der Waals surface area contributed by atoms with Crippen LogP contribution in [0.2, 0.25) is 0 Å². The Labute approximate surface area is 118 Å². The summed E-state index contributed by atoms with van der Waals surface area (Å²) in [5.74, 6) is -0.225. The first-order valence-electron chi connectivity index (χ1n) is 4.90. The highest BCUT2D eigenvalue weighted by Crippen LogP contribution is 2.38. The molecule has 0 aliphatic carbocycles. The Morgan fingerprint density at radius 2 is 1.40 bits per heavy atom. The lowest BCUT2D eigenvalue weighted by molar-refractivity contribution is -0.143. The second-order valence-corrected chi connectivity index (χ2v) is 5.17. The molecule has 0 aliphatic heterocycles. The molecular weight excluding hydrogens is 326 g/mol. The highest BCUT2D eigenvalue weighted by atomic mass is 32.2. The largest absolute Gasteiger partial charge is 0.416 e. The Bertz CT molecular complexity index is 599. The highest BCUT2D eigenvalue weighted by Gasteiger charge is 2.37. The van der Waals surface area contributed by atoms with Crippen molar-refractivity contribution in [2.75, 3.05) is 0 Å². The van der Waals surface area contributed by atoms with Gasteiger partial charge in [-0.3, -0.25) is 0 Å². The lowest BCUT2D eigenvalue weighted by Gasteiger charge is -2.13. The molecule has 0 saturated heterocycles. The number of aromatic nitrogens is 2. The molecule has 0 fully saturated rings. The number of nitrogens with zero attached hydrogens (tertiary/aromatic N) is 2. The Kier molecular flexibility index (Phi) is 3.71. The quantitative estimate of drug-likeness (QED) is 0.614. The smallest absolute Gasteiger partial charge is 0.208 e. The molecule has 2 nitrogen and oxygen atoms in total. The molecule has 20 heavy (non-hydrogen) atoms. The third-order valence-electron chi connectivity index (χ3n) is 2.26. The summed E-state index contributed by atoms with van der Waals surface area (Å²) in [5, 5.41) is 0. The molecule has 1 heterocycles. The molecule has 2 rings (SSSR count). The number of rotatable bonds is 1. The van der Waals surface area contributed by atoms with Crippen LogP contribution in [0.15, 0.2) is 22.5 Å². The molecule has 0 saturated carbocycles. The number of thiol groups is 1. The van der Waals surface area contributed by atoms with Gasteiger partial charge in [0.25, 0.3) is 0 Å². The first kappa shape index (κ1) is 15.1. The molecule has 2 aromatic rings. The van der Waals surface area contributed by atoms with E-state index in [1.54, 1.807) is 0 Å². The van der Waals surface area contributed by atoms with Crippen molar-refractivity contribution in [3.05, 3.63) is 29.3 Å². The van der Waals surface area contributed by atoms with Gasteiger partial charge in [0, 0.05) is 5.56 Å². The van der Waals surface area contributed by atoms with Crippen LogP contribution in [-0.2, 0) is 12.4 Å². The van der Waals surface area contributed by atoms with E-state index in [1.165, 1.54) is 0 Å². The summed E-state index contributed by atoms with van der Waals surface area (Å²) in [6, 6.07) is 1.20. The van der Waals surface area contributed by atoms with E-state index in [-0.39, 0.29) is 21.8 Å². The van der Waals surface area contributed by atoms with Gasteiger partial charge in [-0.05, 0) is 29.7 Å². The number of alkyl halides is 6. The molecule has 0 atom stereocenters. The molecule has 0 spiro atoms. The van der Waals surface area contributed by atoms with Crippen molar-refractivity contribution in [1.29, 1.82) is 0 Å². The SMILES string of the molecule is FC(F)(F)c1cc(-c2nsc(S)n2)cc(C(F)(F)F)c1. The Hall–Kier alpha value is -1.29. The molecule has 1 aromatic carbocycles. The summed E-state index contributed by atoms with van der Waals surface area (Å²) in [7, 11) is 0. The summed E-state index contributed by atoms with van der Waals surface area (Å²) < 4.78 is 79.6. The van der Waals surface area contributed by atoms with Gasteiger partial charge in [-0.25, -0.2) is 4.98 Å². The number of hydrogen-bond donors (Lipinski definition) is 1. The van der Waals surface area contributed by atoms with Gasteiger partial charge >= 0.3 is 12.4 Å². The van der Waals surface area contributed by atoms with Crippen molar-refractivity contribution >= 4 is 24.2 Å². The molecule has 108 valence electrons. The van der Waals surface area contributed by atoms with E-state index in [1.807, 2.05) is 0 Å². The van der Waals surface area contributed by atoms with Crippen molar-refractivity contribution < 1.29 is 26.3 Å². The summed E-state index contributed by atoms with van der Waals surface area (Å²) in [4.78, 5) is 3.66. The van der Waals surface area contributed by atoms with Gasteiger partial charge < -0.3 is 0 Å². The molecule has 0 bridgehead atoms. The summed E-state index contributed by atoms with van der Waals surface area (Å²) in [5.41, 5.74) is -3.17. The van der Waals surface area contributed by atoms with Gasteiger partial charge in [0.15, 0.2) is 10.2 Å². The Morgan fingerprint density at radius 3 is 1.75 bits per heavy atom.